The highest BCUT2D eigenvalue weighted by atomic mass is 35.6. The second-order valence-corrected chi connectivity index (χ2v) is 5.85. The lowest BCUT2D eigenvalue weighted by Gasteiger charge is -2.07. The minimum absolute atomic E-state index is 0.0874. The standard InChI is InChI=1S/C6H3Cl4NO2S/c7-1-2-11-4(6(8,9)10)3(14-2)5(12)13/h1H2,(H,12,13). The molecule has 1 N–H and O–H groups in total. The van der Waals surface area contributed by atoms with E-state index in [0.29, 0.717) is 5.01 Å². The third-order valence-electron chi connectivity index (χ3n) is 1.25. The number of hydrogen-bond donors (Lipinski definition) is 1. The number of carboxylic acids is 1. The SMILES string of the molecule is O=C(O)c1sc(CCl)nc1C(Cl)(Cl)Cl. The van der Waals surface area contributed by atoms with Gasteiger partial charge in [0, 0.05) is 0 Å². The minimum Gasteiger partial charge on any atom is -0.477 e. The first kappa shape index (κ1) is 12.3. The van der Waals surface area contributed by atoms with E-state index in [1.54, 1.807) is 0 Å². The maximum absolute atomic E-state index is 10.7. The summed E-state index contributed by atoms with van der Waals surface area (Å²) in [5, 5.41) is 9.20. The van der Waals surface area contributed by atoms with E-state index in [9.17, 15) is 4.79 Å². The first-order valence-electron chi connectivity index (χ1n) is 3.22. The maximum atomic E-state index is 10.7. The summed E-state index contributed by atoms with van der Waals surface area (Å²) in [5.74, 6) is -1.09. The van der Waals surface area contributed by atoms with Gasteiger partial charge in [-0.25, -0.2) is 9.78 Å². The van der Waals surface area contributed by atoms with Crippen LogP contribution in [0.2, 0.25) is 0 Å². The van der Waals surface area contributed by atoms with Crippen LogP contribution in [0.1, 0.15) is 20.4 Å². The Labute approximate surface area is 104 Å². The summed E-state index contributed by atoms with van der Waals surface area (Å²) in [6, 6.07) is 0. The molecule has 0 fully saturated rings. The van der Waals surface area contributed by atoms with Crippen molar-refractivity contribution in [2.24, 2.45) is 0 Å². The van der Waals surface area contributed by atoms with Crippen LogP contribution in [0, 0.1) is 0 Å². The first-order valence-corrected chi connectivity index (χ1v) is 5.71. The molecule has 0 unspecified atom stereocenters. The van der Waals surface area contributed by atoms with Gasteiger partial charge in [0.25, 0.3) is 0 Å². The molecule has 1 heterocycles. The molecule has 3 nitrogen and oxygen atoms in total. The Balaban J connectivity index is 3.26. The summed E-state index contributed by atoms with van der Waals surface area (Å²) in [4.78, 5) is 14.5. The molecule has 0 aliphatic heterocycles. The summed E-state index contributed by atoms with van der Waals surface area (Å²) in [6.07, 6.45) is 0. The van der Waals surface area contributed by atoms with Gasteiger partial charge >= 0.3 is 5.97 Å². The average molecular weight is 295 g/mol. The van der Waals surface area contributed by atoms with Gasteiger partial charge in [0.15, 0.2) is 0 Å². The number of thiazole rings is 1. The second-order valence-electron chi connectivity index (χ2n) is 2.22. The Morgan fingerprint density at radius 2 is 2.07 bits per heavy atom. The number of alkyl halides is 4. The van der Waals surface area contributed by atoms with E-state index in [1.165, 1.54) is 0 Å². The van der Waals surface area contributed by atoms with Crippen LogP contribution in [-0.4, -0.2) is 16.1 Å². The summed E-state index contributed by atoms with van der Waals surface area (Å²) < 4.78 is -1.84. The van der Waals surface area contributed by atoms with Crippen molar-refractivity contribution in [2.45, 2.75) is 9.67 Å². The number of hydrogen-bond acceptors (Lipinski definition) is 3. The first-order chi connectivity index (χ1) is 6.36. The zero-order chi connectivity index (χ0) is 10.9. The summed E-state index contributed by atoms with van der Waals surface area (Å²) in [5.41, 5.74) is -0.0874. The lowest BCUT2D eigenvalue weighted by molar-refractivity contribution is 0.0701. The molecule has 0 aliphatic rings. The van der Waals surface area contributed by atoms with Gasteiger partial charge in [0.05, 0.1) is 5.88 Å². The number of nitrogens with zero attached hydrogens (tertiary/aromatic N) is 1. The molecule has 14 heavy (non-hydrogen) atoms. The van der Waals surface area contributed by atoms with Crippen molar-refractivity contribution in [1.82, 2.24) is 4.98 Å². The van der Waals surface area contributed by atoms with Gasteiger partial charge in [0.2, 0.25) is 3.79 Å². The number of aromatic nitrogens is 1. The van der Waals surface area contributed by atoms with Gasteiger partial charge in [-0.1, -0.05) is 34.8 Å². The molecule has 1 aromatic rings. The van der Waals surface area contributed by atoms with E-state index >= 15 is 0 Å². The molecule has 8 heteroatoms. The maximum Gasteiger partial charge on any atom is 0.347 e. The van der Waals surface area contributed by atoms with Gasteiger partial charge in [-0.2, -0.15) is 0 Å². The van der Waals surface area contributed by atoms with Crippen LogP contribution in [0.5, 0.6) is 0 Å². The molecular formula is C6H3Cl4NO2S. The Morgan fingerprint density at radius 1 is 1.50 bits per heavy atom. The van der Waals surface area contributed by atoms with E-state index in [0.717, 1.165) is 11.3 Å². The Bertz CT molecular complexity index is 359. The Kier molecular flexibility index (Phi) is 3.88. The molecule has 0 aliphatic carbocycles. The molecular weight excluding hydrogens is 292 g/mol. The fourth-order valence-corrected chi connectivity index (χ4v) is 2.37. The van der Waals surface area contributed by atoms with Gasteiger partial charge in [0.1, 0.15) is 15.6 Å². The van der Waals surface area contributed by atoms with Gasteiger partial charge in [-0.15, -0.1) is 22.9 Å². The molecule has 0 bridgehead atoms. The van der Waals surface area contributed by atoms with Gasteiger partial charge in [-0.05, 0) is 0 Å². The number of aromatic carboxylic acids is 1. The summed E-state index contributed by atoms with van der Waals surface area (Å²) in [7, 11) is 0. The topological polar surface area (TPSA) is 50.2 Å². The third kappa shape index (κ3) is 2.64. The predicted octanol–water partition coefficient (Wildman–Crippen LogP) is 3.41. The largest absolute Gasteiger partial charge is 0.477 e. The zero-order valence-electron chi connectivity index (χ0n) is 6.43. The van der Waals surface area contributed by atoms with Crippen molar-refractivity contribution in [1.29, 1.82) is 0 Å². The quantitative estimate of drug-likeness (QED) is 0.851. The summed E-state index contributed by atoms with van der Waals surface area (Å²) in [6.45, 7) is 0. The number of carboxylic acid groups (broad SMARTS) is 1. The van der Waals surface area contributed by atoms with Crippen molar-refractivity contribution in [3.8, 4) is 0 Å². The van der Waals surface area contributed by atoms with E-state index in [4.69, 9.17) is 51.5 Å². The van der Waals surface area contributed by atoms with Crippen LogP contribution in [0.15, 0.2) is 0 Å². The van der Waals surface area contributed by atoms with Crippen molar-refractivity contribution < 1.29 is 9.90 Å². The van der Waals surface area contributed by atoms with Gasteiger partial charge < -0.3 is 5.11 Å². The van der Waals surface area contributed by atoms with Gasteiger partial charge in [-0.3, -0.25) is 0 Å². The zero-order valence-corrected chi connectivity index (χ0v) is 10.3. The van der Waals surface area contributed by atoms with Crippen molar-refractivity contribution >= 4 is 63.7 Å². The monoisotopic (exact) mass is 293 g/mol. The molecule has 0 spiro atoms. The molecule has 0 atom stereocenters. The van der Waals surface area contributed by atoms with Crippen LogP contribution < -0.4 is 0 Å². The molecule has 78 valence electrons. The molecule has 0 radical (unpaired) electrons. The van der Waals surface area contributed by atoms with E-state index in [-0.39, 0.29) is 16.5 Å². The number of halogens is 4. The third-order valence-corrected chi connectivity index (χ3v) is 3.24. The van der Waals surface area contributed by atoms with Crippen molar-refractivity contribution in [3.05, 3.63) is 15.6 Å². The highest BCUT2D eigenvalue weighted by molar-refractivity contribution is 7.14. The highest BCUT2D eigenvalue weighted by Crippen LogP contribution is 2.41. The van der Waals surface area contributed by atoms with Crippen LogP contribution in [0.3, 0.4) is 0 Å². The Hall–Kier alpha value is 0.260. The van der Waals surface area contributed by atoms with E-state index in [2.05, 4.69) is 4.98 Å². The molecule has 0 amide bonds. The smallest absolute Gasteiger partial charge is 0.347 e. The van der Waals surface area contributed by atoms with Crippen LogP contribution >= 0.6 is 57.7 Å². The summed E-state index contributed by atoms with van der Waals surface area (Å²) >= 11 is 23.0. The van der Waals surface area contributed by atoms with Crippen LogP contribution in [0.25, 0.3) is 0 Å². The lowest BCUT2D eigenvalue weighted by Crippen LogP contribution is -2.08. The van der Waals surface area contributed by atoms with Crippen LogP contribution in [0.4, 0.5) is 0 Å². The fraction of sp³-hybridized carbons (Fsp3) is 0.333. The van der Waals surface area contributed by atoms with Crippen molar-refractivity contribution in [2.75, 3.05) is 0 Å². The van der Waals surface area contributed by atoms with Crippen LogP contribution in [-0.2, 0) is 9.67 Å². The normalized spacial score (nSPS) is 11.7. The minimum atomic E-state index is -1.84. The Morgan fingerprint density at radius 3 is 2.36 bits per heavy atom. The molecule has 1 rings (SSSR count). The number of rotatable bonds is 2. The fourth-order valence-electron chi connectivity index (χ4n) is 0.759. The van der Waals surface area contributed by atoms with Crippen molar-refractivity contribution in [3.63, 3.8) is 0 Å². The molecule has 1 aromatic heterocycles. The molecule has 0 aromatic carbocycles. The van der Waals surface area contributed by atoms with E-state index in [1.807, 2.05) is 0 Å². The highest BCUT2D eigenvalue weighted by Gasteiger charge is 2.33. The second kappa shape index (κ2) is 4.41. The molecule has 0 saturated heterocycles. The predicted molar refractivity (Wildman–Crippen MR) is 57.9 cm³/mol. The molecule has 0 saturated carbocycles. The van der Waals surface area contributed by atoms with E-state index < -0.39 is 9.76 Å². The number of carbonyl (C=O) groups is 1. The average Bonchev–Trinajstić information content (AvgIpc) is 2.46. The lowest BCUT2D eigenvalue weighted by atomic mass is 10.4.